The maximum atomic E-state index is 6.00. The number of thioether (sulfide) groups is 1. The third-order valence-corrected chi connectivity index (χ3v) is 5.01. The number of hydrogen-bond acceptors (Lipinski definition) is 4. The van der Waals surface area contributed by atoms with Crippen LogP contribution < -0.4 is 4.74 Å². The molecule has 0 aliphatic heterocycles. The smallest absolute Gasteiger partial charge is 0.191 e. The summed E-state index contributed by atoms with van der Waals surface area (Å²) in [6.45, 7) is 7.04. The van der Waals surface area contributed by atoms with Gasteiger partial charge in [0.25, 0.3) is 0 Å². The highest BCUT2D eigenvalue weighted by molar-refractivity contribution is 7.98. The Labute approximate surface area is 153 Å². The van der Waals surface area contributed by atoms with Crippen molar-refractivity contribution in [2.75, 3.05) is 0 Å². The number of aromatic nitrogens is 3. The molecule has 0 spiro atoms. The fourth-order valence-corrected chi connectivity index (χ4v) is 3.56. The molecule has 3 rings (SSSR count). The molecule has 1 heterocycles. The van der Waals surface area contributed by atoms with Crippen LogP contribution in [-0.4, -0.2) is 14.8 Å². The van der Waals surface area contributed by atoms with Crippen LogP contribution in [0.2, 0.25) is 0 Å². The Hall–Kier alpha value is -2.27. The van der Waals surface area contributed by atoms with E-state index < -0.39 is 0 Å². The Bertz CT molecular complexity index is 800. The van der Waals surface area contributed by atoms with Gasteiger partial charge in [0.15, 0.2) is 17.1 Å². The highest BCUT2D eigenvalue weighted by Gasteiger charge is 2.18. The van der Waals surface area contributed by atoms with Crippen LogP contribution in [-0.2, 0) is 12.3 Å². The van der Waals surface area contributed by atoms with E-state index in [-0.39, 0.29) is 6.10 Å². The molecule has 0 fully saturated rings. The zero-order chi connectivity index (χ0) is 17.6. The average Bonchev–Trinajstić information content (AvgIpc) is 3.05. The van der Waals surface area contributed by atoms with Gasteiger partial charge < -0.3 is 9.30 Å². The van der Waals surface area contributed by atoms with Crippen molar-refractivity contribution in [1.82, 2.24) is 14.8 Å². The van der Waals surface area contributed by atoms with E-state index in [9.17, 15) is 0 Å². The van der Waals surface area contributed by atoms with E-state index in [4.69, 9.17) is 4.74 Å². The monoisotopic (exact) mass is 353 g/mol. The molecule has 0 aliphatic rings. The lowest BCUT2D eigenvalue weighted by Crippen LogP contribution is -2.11. The first kappa shape index (κ1) is 17.5. The second-order valence-electron chi connectivity index (χ2n) is 5.93. The predicted molar refractivity (Wildman–Crippen MR) is 102 cm³/mol. The van der Waals surface area contributed by atoms with Gasteiger partial charge in [0.1, 0.15) is 5.75 Å². The SMILES string of the molecule is CCn1c(SCc2ccc(C)cc2)nnc1[C@H](C)Oc1ccccc1. The zero-order valence-corrected chi connectivity index (χ0v) is 15.7. The van der Waals surface area contributed by atoms with E-state index in [0.29, 0.717) is 0 Å². The van der Waals surface area contributed by atoms with Crippen molar-refractivity contribution in [2.24, 2.45) is 0 Å². The molecule has 0 bridgehead atoms. The summed E-state index contributed by atoms with van der Waals surface area (Å²) in [7, 11) is 0. The number of nitrogens with zero attached hydrogens (tertiary/aromatic N) is 3. The first-order chi connectivity index (χ1) is 12.2. The summed E-state index contributed by atoms with van der Waals surface area (Å²) in [5.74, 6) is 2.58. The minimum atomic E-state index is -0.149. The van der Waals surface area contributed by atoms with Crippen molar-refractivity contribution >= 4 is 11.8 Å². The summed E-state index contributed by atoms with van der Waals surface area (Å²) < 4.78 is 8.13. The van der Waals surface area contributed by atoms with Gasteiger partial charge in [0.05, 0.1) is 0 Å². The van der Waals surface area contributed by atoms with Crippen LogP contribution in [0.1, 0.15) is 36.9 Å². The fourth-order valence-electron chi connectivity index (χ4n) is 2.59. The van der Waals surface area contributed by atoms with Crippen molar-refractivity contribution in [3.8, 4) is 5.75 Å². The van der Waals surface area contributed by atoms with Gasteiger partial charge in [0, 0.05) is 12.3 Å². The Morgan fingerprint density at radius 2 is 1.76 bits per heavy atom. The number of para-hydroxylation sites is 1. The summed E-state index contributed by atoms with van der Waals surface area (Å²) in [6.07, 6.45) is -0.149. The molecular formula is C20H23N3OS. The molecule has 0 N–H and O–H groups in total. The maximum Gasteiger partial charge on any atom is 0.191 e. The summed E-state index contributed by atoms with van der Waals surface area (Å²) in [6, 6.07) is 18.4. The molecule has 130 valence electrons. The van der Waals surface area contributed by atoms with E-state index in [1.54, 1.807) is 11.8 Å². The van der Waals surface area contributed by atoms with Gasteiger partial charge in [-0.2, -0.15) is 0 Å². The van der Waals surface area contributed by atoms with Crippen molar-refractivity contribution in [3.05, 3.63) is 71.5 Å². The highest BCUT2D eigenvalue weighted by atomic mass is 32.2. The van der Waals surface area contributed by atoms with Crippen molar-refractivity contribution in [1.29, 1.82) is 0 Å². The zero-order valence-electron chi connectivity index (χ0n) is 14.8. The van der Waals surface area contributed by atoms with Gasteiger partial charge in [-0.3, -0.25) is 0 Å². The van der Waals surface area contributed by atoms with E-state index >= 15 is 0 Å². The third kappa shape index (κ3) is 4.42. The Balaban J connectivity index is 1.70. The molecule has 0 unspecified atom stereocenters. The number of rotatable bonds is 7. The molecule has 2 aromatic carbocycles. The van der Waals surface area contributed by atoms with Crippen LogP contribution in [0.3, 0.4) is 0 Å². The molecular weight excluding hydrogens is 330 g/mol. The standard InChI is InChI=1S/C20H23N3OS/c1-4-23-19(16(3)24-18-8-6-5-7-9-18)21-22-20(23)25-14-17-12-10-15(2)11-13-17/h5-13,16H,4,14H2,1-3H3/t16-/m0/s1. The van der Waals surface area contributed by atoms with E-state index in [0.717, 1.165) is 29.0 Å². The average molecular weight is 353 g/mol. The second-order valence-corrected chi connectivity index (χ2v) is 6.87. The molecule has 0 amide bonds. The molecule has 0 aliphatic carbocycles. The topological polar surface area (TPSA) is 39.9 Å². The molecule has 25 heavy (non-hydrogen) atoms. The van der Waals surface area contributed by atoms with E-state index in [2.05, 4.69) is 52.9 Å². The molecule has 1 aromatic heterocycles. The normalized spacial score (nSPS) is 12.1. The summed E-state index contributed by atoms with van der Waals surface area (Å²) in [5.41, 5.74) is 2.57. The van der Waals surface area contributed by atoms with Gasteiger partial charge in [0.2, 0.25) is 0 Å². The molecule has 0 saturated heterocycles. The molecule has 3 aromatic rings. The lowest BCUT2D eigenvalue weighted by molar-refractivity contribution is 0.210. The summed E-state index contributed by atoms with van der Waals surface area (Å²) in [5, 5.41) is 9.69. The van der Waals surface area contributed by atoms with Gasteiger partial charge in [-0.1, -0.05) is 59.8 Å². The first-order valence-electron chi connectivity index (χ1n) is 8.50. The number of hydrogen-bond donors (Lipinski definition) is 0. The van der Waals surface area contributed by atoms with Crippen molar-refractivity contribution < 1.29 is 4.74 Å². The van der Waals surface area contributed by atoms with Crippen LogP contribution >= 0.6 is 11.8 Å². The van der Waals surface area contributed by atoms with Crippen LogP contribution in [0.4, 0.5) is 0 Å². The highest BCUT2D eigenvalue weighted by Crippen LogP contribution is 2.26. The van der Waals surface area contributed by atoms with Crippen LogP contribution in [0, 0.1) is 6.92 Å². The lowest BCUT2D eigenvalue weighted by Gasteiger charge is -2.15. The molecule has 0 saturated carbocycles. The van der Waals surface area contributed by atoms with Gasteiger partial charge in [-0.05, 0) is 38.5 Å². The third-order valence-electron chi connectivity index (χ3n) is 3.97. The van der Waals surface area contributed by atoms with Gasteiger partial charge in [-0.25, -0.2) is 0 Å². The fraction of sp³-hybridized carbons (Fsp3) is 0.300. The Morgan fingerprint density at radius 3 is 2.44 bits per heavy atom. The van der Waals surface area contributed by atoms with Crippen LogP contribution in [0.25, 0.3) is 0 Å². The molecule has 0 radical (unpaired) electrons. The first-order valence-corrected chi connectivity index (χ1v) is 9.49. The van der Waals surface area contributed by atoms with Crippen molar-refractivity contribution in [3.63, 3.8) is 0 Å². The second kappa shape index (κ2) is 8.21. The number of benzene rings is 2. The number of ether oxygens (including phenoxy) is 1. The van der Waals surface area contributed by atoms with E-state index in [1.165, 1.54) is 11.1 Å². The largest absolute Gasteiger partial charge is 0.483 e. The quantitative estimate of drug-likeness (QED) is 0.558. The minimum Gasteiger partial charge on any atom is -0.483 e. The lowest BCUT2D eigenvalue weighted by atomic mass is 10.2. The number of aryl methyl sites for hydroxylation is 1. The van der Waals surface area contributed by atoms with Crippen molar-refractivity contribution in [2.45, 2.75) is 44.3 Å². The van der Waals surface area contributed by atoms with E-state index in [1.807, 2.05) is 37.3 Å². The predicted octanol–water partition coefficient (Wildman–Crippen LogP) is 5.04. The van der Waals surface area contributed by atoms with Crippen LogP contribution in [0.5, 0.6) is 5.75 Å². The molecule has 5 heteroatoms. The van der Waals surface area contributed by atoms with Gasteiger partial charge in [-0.15, -0.1) is 10.2 Å². The molecule has 4 nitrogen and oxygen atoms in total. The Morgan fingerprint density at radius 1 is 1.04 bits per heavy atom. The summed E-state index contributed by atoms with van der Waals surface area (Å²) in [4.78, 5) is 0. The minimum absolute atomic E-state index is 0.149. The van der Waals surface area contributed by atoms with Gasteiger partial charge >= 0.3 is 0 Å². The molecule has 1 atom stereocenters. The maximum absolute atomic E-state index is 6.00. The summed E-state index contributed by atoms with van der Waals surface area (Å²) >= 11 is 1.71. The Kier molecular flexibility index (Phi) is 5.76. The van der Waals surface area contributed by atoms with Crippen LogP contribution in [0.15, 0.2) is 59.8 Å².